The summed E-state index contributed by atoms with van der Waals surface area (Å²) in [4.78, 5) is 27.1. The highest BCUT2D eigenvalue weighted by Crippen LogP contribution is 2.53. The molecule has 0 saturated heterocycles. The molecule has 55 heavy (non-hydrogen) atoms. The molecular formula is C39H49F2NO13. The number of aliphatic hydroxyl groups is 1. The van der Waals surface area contributed by atoms with Crippen molar-refractivity contribution < 1.29 is 71.2 Å². The fourth-order valence-electron chi connectivity index (χ4n) is 5.51. The van der Waals surface area contributed by atoms with E-state index in [1.165, 1.54) is 43.4 Å². The van der Waals surface area contributed by atoms with E-state index in [0.717, 1.165) is 18.2 Å². The highest BCUT2D eigenvalue weighted by Gasteiger charge is 2.45. The first-order valence-electron chi connectivity index (χ1n) is 17.4. The molecule has 0 radical (unpaired) electrons. The van der Waals surface area contributed by atoms with Crippen LogP contribution in [0, 0.1) is 11.6 Å². The Kier molecular flexibility index (Phi) is 14.3. The molecule has 4 rings (SSSR count). The number of rotatable bonds is 18. The zero-order chi connectivity index (χ0) is 40.6. The van der Waals surface area contributed by atoms with Gasteiger partial charge in [0.1, 0.15) is 47.1 Å². The van der Waals surface area contributed by atoms with Crippen LogP contribution in [-0.2, 0) is 43.6 Å². The molecule has 0 bridgehead atoms. The molecule has 0 aliphatic carbocycles. The van der Waals surface area contributed by atoms with Crippen LogP contribution in [0.2, 0.25) is 0 Å². The lowest BCUT2D eigenvalue weighted by atomic mass is 9.77. The summed E-state index contributed by atoms with van der Waals surface area (Å²) >= 11 is 0. The zero-order valence-electron chi connectivity index (χ0n) is 32.3. The third-order valence-electron chi connectivity index (χ3n) is 7.74. The largest absolute Gasteiger partial charge is 0.506 e. The van der Waals surface area contributed by atoms with Crippen molar-refractivity contribution in [3.8, 4) is 28.7 Å². The maximum atomic E-state index is 15.7. The van der Waals surface area contributed by atoms with E-state index in [0.29, 0.717) is 0 Å². The minimum absolute atomic E-state index is 0.00313. The maximum absolute atomic E-state index is 15.7. The van der Waals surface area contributed by atoms with E-state index >= 15 is 8.78 Å². The molecule has 1 heterocycles. The van der Waals surface area contributed by atoms with Crippen LogP contribution in [0.1, 0.15) is 58.2 Å². The summed E-state index contributed by atoms with van der Waals surface area (Å²) in [5.74, 6) is -4.38. The molecule has 16 heteroatoms. The molecule has 3 aromatic rings. The van der Waals surface area contributed by atoms with Gasteiger partial charge in [-0.1, -0.05) is 6.07 Å². The number of hydrogen-bond acceptors (Lipinski definition) is 14. The second-order valence-corrected chi connectivity index (χ2v) is 14.4. The number of aromatic hydroxyl groups is 1. The van der Waals surface area contributed by atoms with Gasteiger partial charge in [0, 0.05) is 37.5 Å². The molecule has 1 aliphatic heterocycles. The van der Waals surface area contributed by atoms with Crippen molar-refractivity contribution >= 4 is 17.6 Å². The number of phenolic OH excluding ortho intramolecular Hbond substituents is 1. The van der Waals surface area contributed by atoms with Gasteiger partial charge in [-0.3, -0.25) is 9.59 Å². The summed E-state index contributed by atoms with van der Waals surface area (Å²) in [6, 6.07) is 8.23. The number of phenols is 1. The van der Waals surface area contributed by atoms with E-state index in [4.69, 9.17) is 42.6 Å². The Morgan fingerprint density at radius 2 is 1.18 bits per heavy atom. The second kappa shape index (κ2) is 18.3. The van der Waals surface area contributed by atoms with Crippen LogP contribution in [0.4, 0.5) is 14.5 Å². The van der Waals surface area contributed by atoms with Crippen molar-refractivity contribution in [2.75, 3.05) is 72.2 Å². The van der Waals surface area contributed by atoms with Crippen LogP contribution in [0.25, 0.3) is 0 Å². The van der Waals surface area contributed by atoms with Gasteiger partial charge >= 0.3 is 11.9 Å². The van der Waals surface area contributed by atoms with Crippen molar-refractivity contribution in [1.29, 1.82) is 0 Å². The number of nitrogens with zero attached hydrogens (tertiary/aromatic N) is 1. The average Bonchev–Trinajstić information content (AvgIpc) is 3.07. The highest BCUT2D eigenvalue weighted by molar-refractivity contribution is 5.83. The van der Waals surface area contributed by atoms with E-state index in [1.54, 1.807) is 41.5 Å². The molecular weight excluding hydrogens is 728 g/mol. The zero-order valence-corrected chi connectivity index (χ0v) is 32.3. The summed E-state index contributed by atoms with van der Waals surface area (Å²) in [5, 5.41) is 24.2. The minimum Gasteiger partial charge on any atom is -0.506 e. The maximum Gasteiger partial charge on any atom is 0.326 e. The van der Waals surface area contributed by atoms with Gasteiger partial charge in [0.25, 0.3) is 0 Å². The van der Waals surface area contributed by atoms with Gasteiger partial charge in [-0.15, -0.1) is 0 Å². The topological polar surface area (TPSA) is 161 Å². The van der Waals surface area contributed by atoms with Crippen LogP contribution in [0.5, 0.6) is 28.7 Å². The Balaban J connectivity index is 1.80. The molecule has 3 aromatic carbocycles. The number of carbonyl (C=O) groups excluding carboxylic acids is 2. The van der Waals surface area contributed by atoms with Crippen molar-refractivity contribution in [2.24, 2.45) is 0 Å². The molecule has 14 nitrogen and oxygen atoms in total. The molecule has 1 aliphatic rings. The lowest BCUT2D eigenvalue weighted by Gasteiger charge is -2.37. The first-order chi connectivity index (χ1) is 25.9. The van der Waals surface area contributed by atoms with E-state index < -0.39 is 59.2 Å². The number of anilines is 1. The normalized spacial score (nSPS) is 13.3. The van der Waals surface area contributed by atoms with Crippen LogP contribution >= 0.6 is 0 Å². The molecule has 0 aromatic heterocycles. The van der Waals surface area contributed by atoms with E-state index in [-0.39, 0.29) is 85.4 Å². The summed E-state index contributed by atoms with van der Waals surface area (Å²) in [7, 11) is 3.00. The molecule has 0 unspecified atom stereocenters. The molecule has 302 valence electrons. The Labute approximate surface area is 318 Å². The summed E-state index contributed by atoms with van der Waals surface area (Å²) in [5.41, 5.74) is -4.42. The molecule has 0 atom stereocenters. The summed E-state index contributed by atoms with van der Waals surface area (Å²) < 4.78 is 79.7. The fraction of sp³-hybridized carbons (Fsp3) is 0.487. The fourth-order valence-corrected chi connectivity index (χ4v) is 5.51. The first kappa shape index (κ1) is 43.0. The number of methoxy groups -OCH3 is 2. The number of hydrogen-bond donors (Lipinski definition) is 2. The number of carbonyl (C=O) groups is 2. The van der Waals surface area contributed by atoms with Crippen molar-refractivity contribution in [3.63, 3.8) is 0 Å². The van der Waals surface area contributed by atoms with E-state index in [9.17, 15) is 19.8 Å². The van der Waals surface area contributed by atoms with Gasteiger partial charge in [0.2, 0.25) is 0 Å². The Morgan fingerprint density at radius 1 is 0.727 bits per heavy atom. The Morgan fingerprint density at radius 3 is 1.58 bits per heavy atom. The van der Waals surface area contributed by atoms with Crippen molar-refractivity contribution in [2.45, 2.75) is 58.3 Å². The third kappa shape index (κ3) is 11.4. The number of fused-ring (bicyclic) bond motifs is 2. The second-order valence-electron chi connectivity index (χ2n) is 14.4. The van der Waals surface area contributed by atoms with Crippen LogP contribution in [0.3, 0.4) is 0 Å². The standard InChI is InChI=1S/C39H49F2NO13/c1-37(2,3)54-35(44)20-42(21-36(45)55-38(4,5)6)29-10-9-24(15-30(29)43)39(46)25-16-27(40)33(51-22-49-13-11-47-7)18-31(25)53-32-19-34(28(41)17-26(32)39)52-23-50-14-12-48-8/h9-10,15-19,43,46H,11-14,20-23H2,1-8H3. The van der Waals surface area contributed by atoms with Gasteiger partial charge < -0.3 is 57.7 Å². The van der Waals surface area contributed by atoms with Crippen LogP contribution in [0.15, 0.2) is 42.5 Å². The smallest absolute Gasteiger partial charge is 0.326 e. The SMILES string of the molecule is COCCOCOc1cc2c(cc1F)C(O)(c1ccc(N(CC(=O)OC(C)(C)C)CC(=O)OC(C)(C)C)c(O)c1)c1cc(F)c(OCOCCOC)cc1O2. The lowest BCUT2D eigenvalue weighted by molar-refractivity contribution is -0.154. The number of benzene rings is 3. The minimum atomic E-state index is -2.36. The summed E-state index contributed by atoms with van der Waals surface area (Å²) in [6.45, 7) is 9.46. The van der Waals surface area contributed by atoms with Crippen molar-refractivity contribution in [3.05, 3.63) is 70.8 Å². The highest BCUT2D eigenvalue weighted by atomic mass is 19.1. The summed E-state index contributed by atoms with van der Waals surface area (Å²) in [6.07, 6.45) is 0. The molecule has 0 fully saturated rings. The lowest BCUT2D eigenvalue weighted by Crippen LogP contribution is -2.40. The van der Waals surface area contributed by atoms with Crippen molar-refractivity contribution in [1.82, 2.24) is 0 Å². The molecule has 2 N–H and O–H groups in total. The quantitative estimate of drug-likeness (QED) is 0.0940. The number of esters is 2. The van der Waals surface area contributed by atoms with Gasteiger partial charge in [0.05, 0.1) is 32.1 Å². The number of ether oxygens (including phenoxy) is 9. The third-order valence-corrected chi connectivity index (χ3v) is 7.74. The Hall–Kier alpha value is -4.74. The predicted molar refractivity (Wildman–Crippen MR) is 194 cm³/mol. The molecule has 0 saturated carbocycles. The number of halogens is 2. The van der Waals surface area contributed by atoms with Gasteiger partial charge in [-0.05, 0) is 71.4 Å². The average molecular weight is 778 g/mol. The predicted octanol–water partition coefficient (Wildman–Crippen LogP) is 5.55. The molecule has 0 spiro atoms. The Bertz CT molecular complexity index is 1710. The van der Waals surface area contributed by atoms with E-state index in [1.807, 2.05) is 0 Å². The van der Waals surface area contributed by atoms with Gasteiger partial charge in [0.15, 0.2) is 36.7 Å². The van der Waals surface area contributed by atoms with E-state index in [2.05, 4.69) is 0 Å². The van der Waals surface area contributed by atoms with Crippen LogP contribution < -0.4 is 19.1 Å². The van der Waals surface area contributed by atoms with Gasteiger partial charge in [-0.2, -0.15) is 0 Å². The van der Waals surface area contributed by atoms with Gasteiger partial charge in [-0.25, -0.2) is 8.78 Å². The first-order valence-corrected chi connectivity index (χ1v) is 17.4. The monoisotopic (exact) mass is 777 g/mol. The molecule has 0 amide bonds. The van der Waals surface area contributed by atoms with Crippen LogP contribution in [-0.4, -0.2) is 101 Å².